The highest BCUT2D eigenvalue weighted by atomic mass is 35.5. The number of benzene rings is 3. The maximum Gasteiger partial charge on any atom is 0.251 e. The number of carbonyl (C=O) groups is 1. The minimum Gasteiger partial charge on any atom is -0.497 e. The largest absolute Gasteiger partial charge is 0.497 e. The molecule has 0 aliphatic heterocycles. The topological polar surface area (TPSA) is 56.8 Å². The maximum absolute atomic E-state index is 12.8. The Hall–Kier alpha value is -3.18. The SMILES string of the molecule is COc1ccc(OC)c([C@H](C)NC(=O)c2cccc(OCc3ccccc3Cl)c2)c1. The average Bonchev–Trinajstić information content (AvgIpc) is 2.78. The molecule has 0 saturated carbocycles. The Bertz CT molecular complexity index is 1020. The fourth-order valence-electron chi connectivity index (χ4n) is 3.04. The third-order valence-electron chi connectivity index (χ3n) is 4.70. The van der Waals surface area contributed by atoms with Gasteiger partial charge in [-0.05, 0) is 49.4 Å². The highest BCUT2D eigenvalue weighted by Gasteiger charge is 2.16. The molecule has 5 nitrogen and oxygen atoms in total. The predicted molar refractivity (Wildman–Crippen MR) is 118 cm³/mol. The van der Waals surface area contributed by atoms with Gasteiger partial charge in [-0.1, -0.05) is 35.9 Å². The van der Waals surface area contributed by atoms with Gasteiger partial charge in [-0.3, -0.25) is 4.79 Å². The number of methoxy groups -OCH3 is 2. The first-order valence-corrected chi connectivity index (χ1v) is 9.88. The maximum atomic E-state index is 12.8. The lowest BCUT2D eigenvalue weighted by atomic mass is 10.1. The number of hydrogen-bond acceptors (Lipinski definition) is 4. The summed E-state index contributed by atoms with van der Waals surface area (Å²) in [5.74, 6) is 1.76. The van der Waals surface area contributed by atoms with Gasteiger partial charge in [0.2, 0.25) is 0 Å². The highest BCUT2D eigenvalue weighted by Crippen LogP contribution is 2.29. The summed E-state index contributed by atoms with van der Waals surface area (Å²) in [5.41, 5.74) is 2.21. The minimum absolute atomic E-state index is 0.212. The van der Waals surface area contributed by atoms with Crippen LogP contribution in [0.4, 0.5) is 0 Å². The minimum atomic E-state index is -0.282. The van der Waals surface area contributed by atoms with Crippen molar-refractivity contribution in [2.75, 3.05) is 14.2 Å². The molecule has 0 spiro atoms. The Morgan fingerprint density at radius 2 is 1.77 bits per heavy atom. The average molecular weight is 426 g/mol. The monoisotopic (exact) mass is 425 g/mol. The molecule has 1 amide bonds. The standard InChI is InChI=1S/C24H24ClNO4/c1-16(21-14-19(28-2)11-12-23(21)29-3)26-24(27)17-8-6-9-20(13-17)30-15-18-7-4-5-10-22(18)25/h4-14,16H,15H2,1-3H3,(H,26,27)/t16-/m0/s1. The van der Waals surface area contributed by atoms with Gasteiger partial charge in [0.25, 0.3) is 5.91 Å². The van der Waals surface area contributed by atoms with E-state index >= 15 is 0 Å². The molecule has 1 N–H and O–H groups in total. The molecule has 0 bridgehead atoms. The van der Waals surface area contributed by atoms with Gasteiger partial charge in [-0.2, -0.15) is 0 Å². The van der Waals surface area contributed by atoms with Crippen molar-refractivity contribution >= 4 is 17.5 Å². The van der Waals surface area contributed by atoms with Crippen LogP contribution < -0.4 is 19.5 Å². The van der Waals surface area contributed by atoms with E-state index in [9.17, 15) is 4.79 Å². The van der Waals surface area contributed by atoms with Gasteiger partial charge in [0.05, 0.1) is 20.3 Å². The smallest absolute Gasteiger partial charge is 0.251 e. The normalized spacial score (nSPS) is 11.5. The van der Waals surface area contributed by atoms with E-state index in [0.717, 1.165) is 11.1 Å². The van der Waals surface area contributed by atoms with Crippen molar-refractivity contribution in [3.8, 4) is 17.2 Å². The zero-order chi connectivity index (χ0) is 21.5. The van der Waals surface area contributed by atoms with Gasteiger partial charge < -0.3 is 19.5 Å². The van der Waals surface area contributed by atoms with Crippen molar-refractivity contribution in [3.05, 3.63) is 88.4 Å². The Morgan fingerprint density at radius 3 is 2.50 bits per heavy atom. The van der Waals surface area contributed by atoms with Gasteiger partial charge in [-0.15, -0.1) is 0 Å². The fraction of sp³-hybridized carbons (Fsp3) is 0.208. The zero-order valence-electron chi connectivity index (χ0n) is 17.1. The third-order valence-corrected chi connectivity index (χ3v) is 5.07. The van der Waals surface area contributed by atoms with Crippen LogP contribution in [-0.2, 0) is 6.61 Å². The predicted octanol–water partition coefficient (Wildman–Crippen LogP) is 5.43. The van der Waals surface area contributed by atoms with E-state index in [0.29, 0.717) is 34.4 Å². The first kappa shape index (κ1) is 21.5. The van der Waals surface area contributed by atoms with Crippen molar-refractivity contribution < 1.29 is 19.0 Å². The molecule has 0 saturated heterocycles. The molecule has 156 valence electrons. The second-order valence-corrected chi connectivity index (χ2v) is 7.12. The van der Waals surface area contributed by atoms with E-state index < -0.39 is 0 Å². The number of carbonyl (C=O) groups excluding carboxylic acids is 1. The molecule has 6 heteroatoms. The Labute approximate surface area is 181 Å². The van der Waals surface area contributed by atoms with E-state index in [1.807, 2.05) is 55.5 Å². The van der Waals surface area contributed by atoms with Crippen LogP contribution >= 0.6 is 11.6 Å². The van der Waals surface area contributed by atoms with Gasteiger partial charge in [0.15, 0.2) is 0 Å². The summed E-state index contributed by atoms with van der Waals surface area (Å²) in [4.78, 5) is 12.8. The van der Waals surface area contributed by atoms with Crippen molar-refractivity contribution in [2.24, 2.45) is 0 Å². The van der Waals surface area contributed by atoms with Crippen LogP contribution in [0, 0.1) is 0 Å². The lowest BCUT2D eigenvalue weighted by Gasteiger charge is -2.18. The highest BCUT2D eigenvalue weighted by molar-refractivity contribution is 6.31. The molecule has 0 aliphatic rings. The van der Waals surface area contributed by atoms with E-state index in [1.54, 1.807) is 32.4 Å². The first-order valence-electron chi connectivity index (χ1n) is 9.51. The number of nitrogens with one attached hydrogen (secondary N) is 1. The molecule has 30 heavy (non-hydrogen) atoms. The van der Waals surface area contributed by atoms with Gasteiger partial charge >= 0.3 is 0 Å². The van der Waals surface area contributed by atoms with Crippen LogP contribution in [0.5, 0.6) is 17.2 Å². The van der Waals surface area contributed by atoms with Crippen LogP contribution in [0.2, 0.25) is 5.02 Å². The van der Waals surface area contributed by atoms with Crippen LogP contribution in [0.3, 0.4) is 0 Å². The second-order valence-electron chi connectivity index (χ2n) is 6.71. The Morgan fingerprint density at radius 1 is 0.967 bits per heavy atom. The van der Waals surface area contributed by atoms with Crippen LogP contribution in [0.1, 0.15) is 34.5 Å². The molecule has 3 rings (SSSR count). The molecular weight excluding hydrogens is 402 g/mol. The summed E-state index contributed by atoms with van der Waals surface area (Å²) in [7, 11) is 3.20. The molecule has 3 aromatic carbocycles. The summed E-state index contributed by atoms with van der Waals surface area (Å²) in [5, 5.41) is 3.64. The summed E-state index contributed by atoms with van der Waals surface area (Å²) in [6.07, 6.45) is 0. The molecule has 1 atom stereocenters. The van der Waals surface area contributed by atoms with Gasteiger partial charge in [0.1, 0.15) is 23.9 Å². The fourth-order valence-corrected chi connectivity index (χ4v) is 3.23. The second kappa shape index (κ2) is 10.0. The molecule has 0 aromatic heterocycles. The van der Waals surface area contributed by atoms with Crippen molar-refractivity contribution in [3.63, 3.8) is 0 Å². The van der Waals surface area contributed by atoms with Crippen molar-refractivity contribution in [2.45, 2.75) is 19.6 Å². The van der Waals surface area contributed by atoms with Crippen LogP contribution in [0.25, 0.3) is 0 Å². The molecule has 0 heterocycles. The molecule has 0 radical (unpaired) electrons. The van der Waals surface area contributed by atoms with E-state index in [1.165, 1.54) is 0 Å². The van der Waals surface area contributed by atoms with Crippen molar-refractivity contribution in [1.82, 2.24) is 5.32 Å². The number of rotatable bonds is 8. The Kier molecular flexibility index (Phi) is 7.20. The molecular formula is C24H24ClNO4. The van der Waals surface area contributed by atoms with Crippen molar-refractivity contribution in [1.29, 1.82) is 0 Å². The summed E-state index contributed by atoms with van der Waals surface area (Å²) < 4.78 is 16.5. The van der Waals surface area contributed by atoms with E-state index in [2.05, 4.69) is 5.32 Å². The molecule has 3 aromatic rings. The number of halogens is 1. The van der Waals surface area contributed by atoms with Gasteiger partial charge in [0, 0.05) is 21.7 Å². The molecule has 0 fully saturated rings. The first-order chi connectivity index (χ1) is 14.5. The number of ether oxygens (including phenoxy) is 3. The van der Waals surface area contributed by atoms with E-state index in [4.69, 9.17) is 25.8 Å². The lowest BCUT2D eigenvalue weighted by molar-refractivity contribution is 0.0939. The van der Waals surface area contributed by atoms with E-state index in [-0.39, 0.29) is 11.9 Å². The zero-order valence-corrected chi connectivity index (χ0v) is 17.9. The van der Waals surface area contributed by atoms with Gasteiger partial charge in [-0.25, -0.2) is 0 Å². The summed E-state index contributed by atoms with van der Waals surface area (Å²) in [6.45, 7) is 2.22. The quantitative estimate of drug-likeness (QED) is 0.523. The summed E-state index contributed by atoms with van der Waals surface area (Å²) in [6, 6.07) is 19.8. The summed E-state index contributed by atoms with van der Waals surface area (Å²) >= 11 is 6.17. The van der Waals surface area contributed by atoms with Crippen LogP contribution in [0.15, 0.2) is 66.7 Å². The number of amides is 1. The molecule has 0 unspecified atom stereocenters. The molecule has 0 aliphatic carbocycles. The Balaban J connectivity index is 1.70. The number of hydrogen-bond donors (Lipinski definition) is 1. The third kappa shape index (κ3) is 5.24. The lowest BCUT2D eigenvalue weighted by Crippen LogP contribution is -2.27. The van der Waals surface area contributed by atoms with Crippen LogP contribution in [-0.4, -0.2) is 20.1 Å².